The highest BCUT2D eigenvalue weighted by Gasteiger charge is 2.23. The van der Waals surface area contributed by atoms with Crippen LogP contribution in [0.5, 0.6) is 0 Å². The molecule has 0 aromatic carbocycles. The highest BCUT2D eigenvalue weighted by molar-refractivity contribution is 7.99. The molecule has 0 atom stereocenters. The van der Waals surface area contributed by atoms with E-state index in [9.17, 15) is 8.42 Å². The Hall–Kier alpha value is -0.0800. The van der Waals surface area contributed by atoms with Crippen LogP contribution in [0.2, 0.25) is 0 Å². The molecule has 0 spiro atoms. The highest BCUT2D eigenvalue weighted by atomic mass is 32.2. The lowest BCUT2D eigenvalue weighted by Crippen LogP contribution is -2.36. The third-order valence-electron chi connectivity index (χ3n) is 3.07. The van der Waals surface area contributed by atoms with Crippen LogP contribution in [0.3, 0.4) is 0 Å². The molecule has 2 rings (SSSR count). The Kier molecular flexibility index (Phi) is 5.70. The summed E-state index contributed by atoms with van der Waals surface area (Å²) in [4.78, 5) is 1.11. The molecule has 0 aliphatic carbocycles. The Morgan fingerprint density at radius 1 is 1.32 bits per heavy atom. The number of rotatable bonds is 6. The number of hydrogen-bond acceptors (Lipinski definition) is 5. The van der Waals surface area contributed by atoms with Crippen molar-refractivity contribution in [3.63, 3.8) is 0 Å². The fraction of sp³-hybridized carbons (Fsp3) is 0.667. The monoisotopic (exact) mass is 320 g/mol. The van der Waals surface area contributed by atoms with Crippen molar-refractivity contribution >= 4 is 33.1 Å². The molecule has 1 aromatic rings. The first-order valence-electron chi connectivity index (χ1n) is 6.45. The summed E-state index contributed by atoms with van der Waals surface area (Å²) in [7, 11) is -1.43. The standard InChI is InChI=1S/C12H20N2O2S3/c1-13-7-4-11-2-3-12(18-11)19(15,16)14-10-5-8-17-9-6-10/h2-3,10,13-14H,4-9H2,1H3. The minimum atomic E-state index is -3.33. The Morgan fingerprint density at radius 2 is 2.05 bits per heavy atom. The molecule has 1 saturated heterocycles. The van der Waals surface area contributed by atoms with E-state index in [0.29, 0.717) is 4.21 Å². The molecule has 19 heavy (non-hydrogen) atoms. The number of hydrogen-bond donors (Lipinski definition) is 2. The van der Waals surface area contributed by atoms with Crippen LogP contribution in [-0.4, -0.2) is 39.6 Å². The maximum atomic E-state index is 12.3. The maximum Gasteiger partial charge on any atom is 0.250 e. The van der Waals surface area contributed by atoms with Gasteiger partial charge in [-0.05, 0) is 56.5 Å². The van der Waals surface area contributed by atoms with Crippen molar-refractivity contribution in [3.05, 3.63) is 17.0 Å². The van der Waals surface area contributed by atoms with Gasteiger partial charge in [-0.3, -0.25) is 0 Å². The maximum absolute atomic E-state index is 12.3. The summed E-state index contributed by atoms with van der Waals surface area (Å²) in [5.74, 6) is 2.09. The van der Waals surface area contributed by atoms with Crippen molar-refractivity contribution in [2.24, 2.45) is 0 Å². The van der Waals surface area contributed by atoms with Crippen LogP contribution < -0.4 is 10.0 Å². The van der Waals surface area contributed by atoms with Gasteiger partial charge in [-0.2, -0.15) is 11.8 Å². The van der Waals surface area contributed by atoms with Gasteiger partial charge in [-0.15, -0.1) is 11.3 Å². The minimum absolute atomic E-state index is 0.106. The molecule has 4 nitrogen and oxygen atoms in total. The Bertz CT molecular complexity index is 493. The predicted octanol–water partition coefficient (Wildman–Crippen LogP) is 1.68. The quantitative estimate of drug-likeness (QED) is 0.837. The van der Waals surface area contributed by atoms with Gasteiger partial charge >= 0.3 is 0 Å². The van der Waals surface area contributed by atoms with E-state index in [1.54, 1.807) is 6.07 Å². The molecule has 1 aliphatic heterocycles. The second-order valence-electron chi connectivity index (χ2n) is 4.58. The lowest BCUT2D eigenvalue weighted by molar-refractivity contribution is 0.530. The van der Waals surface area contributed by atoms with Crippen molar-refractivity contribution in [2.75, 3.05) is 25.1 Å². The Balaban J connectivity index is 1.99. The molecule has 1 aliphatic rings. The van der Waals surface area contributed by atoms with Gasteiger partial charge in [0.2, 0.25) is 10.0 Å². The molecule has 108 valence electrons. The smallest absolute Gasteiger partial charge is 0.250 e. The molecule has 0 radical (unpaired) electrons. The number of nitrogens with one attached hydrogen (secondary N) is 2. The first kappa shape index (κ1) is 15.3. The van der Waals surface area contributed by atoms with Gasteiger partial charge in [0.25, 0.3) is 0 Å². The van der Waals surface area contributed by atoms with E-state index in [2.05, 4.69) is 10.0 Å². The molecular weight excluding hydrogens is 300 g/mol. The van der Waals surface area contributed by atoms with E-state index in [4.69, 9.17) is 0 Å². The zero-order chi connectivity index (χ0) is 13.7. The van der Waals surface area contributed by atoms with Crippen LogP contribution in [0.15, 0.2) is 16.3 Å². The topological polar surface area (TPSA) is 58.2 Å². The van der Waals surface area contributed by atoms with Crippen LogP contribution in [0.1, 0.15) is 17.7 Å². The van der Waals surface area contributed by atoms with Gasteiger partial charge in [0.15, 0.2) is 0 Å². The minimum Gasteiger partial charge on any atom is -0.319 e. The summed E-state index contributed by atoms with van der Waals surface area (Å²) >= 11 is 3.27. The van der Waals surface area contributed by atoms with Gasteiger partial charge in [0.05, 0.1) is 0 Å². The van der Waals surface area contributed by atoms with Crippen LogP contribution in [-0.2, 0) is 16.4 Å². The van der Waals surface area contributed by atoms with E-state index in [-0.39, 0.29) is 6.04 Å². The number of thiophene rings is 1. The van der Waals surface area contributed by atoms with Gasteiger partial charge in [0.1, 0.15) is 4.21 Å². The summed E-state index contributed by atoms with van der Waals surface area (Å²) < 4.78 is 27.8. The summed E-state index contributed by atoms with van der Waals surface area (Å²) in [6.45, 7) is 0.868. The summed E-state index contributed by atoms with van der Waals surface area (Å²) in [6, 6.07) is 3.73. The third-order valence-corrected chi connectivity index (χ3v) is 7.27. The third kappa shape index (κ3) is 4.46. The summed E-state index contributed by atoms with van der Waals surface area (Å²) in [5, 5.41) is 3.07. The predicted molar refractivity (Wildman–Crippen MR) is 82.6 cm³/mol. The van der Waals surface area contributed by atoms with Crippen LogP contribution in [0.4, 0.5) is 0 Å². The molecular formula is C12H20N2O2S3. The molecule has 0 unspecified atom stereocenters. The van der Waals surface area contributed by atoms with Crippen molar-refractivity contribution in [1.29, 1.82) is 0 Å². The average molecular weight is 321 g/mol. The van der Waals surface area contributed by atoms with Crippen LogP contribution >= 0.6 is 23.1 Å². The molecule has 7 heteroatoms. The Labute approximate surface area is 123 Å². The van der Waals surface area contributed by atoms with Crippen molar-refractivity contribution < 1.29 is 8.42 Å². The van der Waals surface area contributed by atoms with E-state index in [1.807, 2.05) is 24.9 Å². The van der Waals surface area contributed by atoms with E-state index in [0.717, 1.165) is 42.2 Å². The molecule has 1 aromatic heterocycles. The first-order valence-corrected chi connectivity index (χ1v) is 9.90. The van der Waals surface area contributed by atoms with Gasteiger partial charge in [0, 0.05) is 10.9 Å². The summed E-state index contributed by atoms with van der Waals surface area (Å²) in [5.41, 5.74) is 0. The van der Waals surface area contributed by atoms with Gasteiger partial charge < -0.3 is 5.32 Å². The second kappa shape index (κ2) is 7.08. The van der Waals surface area contributed by atoms with Crippen LogP contribution in [0.25, 0.3) is 0 Å². The first-order chi connectivity index (χ1) is 9.12. The zero-order valence-corrected chi connectivity index (χ0v) is 13.5. The number of thioether (sulfide) groups is 1. The largest absolute Gasteiger partial charge is 0.319 e. The lowest BCUT2D eigenvalue weighted by atomic mass is 10.2. The number of sulfonamides is 1. The number of likely N-dealkylation sites (N-methyl/N-ethyl adjacent to an activating group) is 1. The van der Waals surface area contributed by atoms with Crippen molar-refractivity contribution in [3.8, 4) is 0 Å². The normalized spacial score (nSPS) is 17.7. The Morgan fingerprint density at radius 3 is 2.74 bits per heavy atom. The molecule has 2 heterocycles. The average Bonchev–Trinajstić information content (AvgIpc) is 2.86. The molecule has 2 N–H and O–H groups in total. The van der Waals surface area contributed by atoms with Crippen LogP contribution in [0, 0.1) is 0 Å². The van der Waals surface area contributed by atoms with Crippen molar-refractivity contribution in [1.82, 2.24) is 10.0 Å². The molecule has 1 fully saturated rings. The second-order valence-corrected chi connectivity index (χ2v) is 8.92. The van der Waals surface area contributed by atoms with Crippen molar-refractivity contribution in [2.45, 2.75) is 29.5 Å². The fourth-order valence-corrected chi connectivity index (χ4v) is 5.76. The van der Waals surface area contributed by atoms with E-state index < -0.39 is 10.0 Å². The lowest BCUT2D eigenvalue weighted by Gasteiger charge is -2.21. The highest BCUT2D eigenvalue weighted by Crippen LogP contribution is 2.24. The fourth-order valence-electron chi connectivity index (χ4n) is 1.98. The molecule has 0 bridgehead atoms. The van der Waals surface area contributed by atoms with E-state index in [1.165, 1.54) is 11.3 Å². The SMILES string of the molecule is CNCCc1ccc(S(=O)(=O)NC2CCSCC2)s1. The zero-order valence-electron chi connectivity index (χ0n) is 11.0. The molecule has 0 amide bonds. The van der Waals surface area contributed by atoms with Gasteiger partial charge in [-0.25, -0.2) is 13.1 Å². The summed E-state index contributed by atoms with van der Waals surface area (Å²) in [6.07, 6.45) is 2.74. The van der Waals surface area contributed by atoms with Gasteiger partial charge in [-0.1, -0.05) is 0 Å². The van der Waals surface area contributed by atoms with E-state index >= 15 is 0 Å². The molecule has 0 saturated carbocycles.